The Morgan fingerprint density at radius 3 is 2.42 bits per heavy atom. The van der Waals surface area contributed by atoms with E-state index in [1.54, 1.807) is 0 Å². The average molecular weight is 382 g/mol. The molecule has 1 aromatic rings. The number of benzene rings is 1. The van der Waals surface area contributed by atoms with Crippen molar-refractivity contribution in [2.75, 3.05) is 13.1 Å². The zero-order valence-electron chi connectivity index (χ0n) is 16.2. The maximum absolute atomic E-state index is 13.0. The van der Waals surface area contributed by atoms with Gasteiger partial charge in [0.25, 0.3) is 0 Å². The molecule has 1 saturated heterocycles. The molecule has 2 amide bonds. The Morgan fingerprint density at radius 1 is 1.27 bits per heavy atom. The minimum Gasteiger partial charge on any atom is -0.344 e. The lowest BCUT2D eigenvalue weighted by molar-refractivity contribution is -0.140. The van der Waals surface area contributed by atoms with Gasteiger partial charge in [0.05, 0.1) is 6.42 Å². The van der Waals surface area contributed by atoms with Gasteiger partial charge in [-0.3, -0.25) is 9.59 Å². The Morgan fingerprint density at radius 2 is 1.88 bits per heavy atom. The van der Waals surface area contributed by atoms with Crippen LogP contribution in [0.5, 0.6) is 0 Å². The predicted octanol–water partition coefficient (Wildman–Crippen LogP) is 2.38. The third kappa shape index (κ3) is 5.71. The van der Waals surface area contributed by atoms with Gasteiger partial charge in [0.2, 0.25) is 11.8 Å². The number of amides is 2. The summed E-state index contributed by atoms with van der Waals surface area (Å²) in [6.07, 6.45) is 1.08. The number of carbonyl (C=O) groups is 2. The Hall–Kier alpha value is -1.59. The van der Waals surface area contributed by atoms with Crippen molar-refractivity contribution in [2.45, 2.75) is 52.6 Å². The molecule has 1 heterocycles. The van der Waals surface area contributed by atoms with Crippen LogP contribution in [0.4, 0.5) is 0 Å². The van der Waals surface area contributed by atoms with Crippen LogP contribution in [-0.4, -0.2) is 41.9 Å². The first-order valence-electron chi connectivity index (χ1n) is 9.08. The van der Waals surface area contributed by atoms with Gasteiger partial charge in [0.1, 0.15) is 6.04 Å². The molecule has 0 aliphatic carbocycles. The molecule has 26 heavy (non-hydrogen) atoms. The monoisotopic (exact) mass is 381 g/mol. The molecule has 6 heteroatoms. The summed E-state index contributed by atoms with van der Waals surface area (Å²) in [5.41, 5.74) is 7.01. The summed E-state index contributed by atoms with van der Waals surface area (Å²) in [7, 11) is 0. The molecule has 0 saturated carbocycles. The van der Waals surface area contributed by atoms with Crippen LogP contribution in [0.15, 0.2) is 30.3 Å². The predicted molar refractivity (Wildman–Crippen MR) is 107 cm³/mol. The van der Waals surface area contributed by atoms with Crippen LogP contribution in [0, 0.1) is 11.3 Å². The van der Waals surface area contributed by atoms with Gasteiger partial charge in [-0.1, -0.05) is 58.0 Å². The van der Waals surface area contributed by atoms with E-state index in [4.69, 9.17) is 5.73 Å². The molecule has 146 valence electrons. The van der Waals surface area contributed by atoms with Crippen molar-refractivity contribution in [3.05, 3.63) is 35.9 Å². The quantitative estimate of drug-likeness (QED) is 0.822. The highest BCUT2D eigenvalue weighted by Crippen LogP contribution is 2.28. The van der Waals surface area contributed by atoms with E-state index in [1.807, 2.05) is 49.1 Å². The van der Waals surface area contributed by atoms with Gasteiger partial charge in [-0.05, 0) is 23.3 Å². The lowest BCUT2D eigenvalue weighted by Gasteiger charge is -2.44. The SMILES string of the molecule is CC(C)C(NC(=O)Cc1ccccc1)C(=O)N1CCC(N)C(C)(C)C1.Cl. The molecule has 2 rings (SSSR count). The number of carbonyl (C=O) groups excluding carboxylic acids is 2. The van der Waals surface area contributed by atoms with E-state index in [1.165, 1.54) is 0 Å². The highest BCUT2D eigenvalue weighted by Gasteiger charge is 2.38. The lowest BCUT2D eigenvalue weighted by Crippen LogP contribution is -2.59. The second kappa shape index (κ2) is 9.38. The Balaban J connectivity index is 0.00000338. The van der Waals surface area contributed by atoms with Gasteiger partial charge in [0, 0.05) is 19.1 Å². The molecule has 2 atom stereocenters. The third-order valence-corrected chi connectivity index (χ3v) is 5.08. The number of likely N-dealkylation sites (tertiary alicyclic amines) is 1. The van der Waals surface area contributed by atoms with Crippen molar-refractivity contribution >= 4 is 24.2 Å². The zero-order valence-corrected chi connectivity index (χ0v) is 17.0. The van der Waals surface area contributed by atoms with Crippen LogP contribution in [0.25, 0.3) is 0 Å². The number of rotatable bonds is 5. The van der Waals surface area contributed by atoms with Crippen LogP contribution >= 0.6 is 12.4 Å². The fraction of sp³-hybridized carbons (Fsp3) is 0.600. The maximum Gasteiger partial charge on any atom is 0.245 e. The molecule has 3 N–H and O–H groups in total. The molecule has 2 unspecified atom stereocenters. The fourth-order valence-corrected chi connectivity index (χ4v) is 3.28. The van der Waals surface area contributed by atoms with Crippen molar-refractivity contribution in [2.24, 2.45) is 17.1 Å². The fourth-order valence-electron chi connectivity index (χ4n) is 3.28. The van der Waals surface area contributed by atoms with Gasteiger partial charge < -0.3 is 16.0 Å². The van der Waals surface area contributed by atoms with Gasteiger partial charge in [-0.2, -0.15) is 0 Å². The first-order chi connectivity index (χ1) is 11.7. The normalized spacial score (nSPS) is 20.2. The van der Waals surface area contributed by atoms with Crippen LogP contribution in [0.2, 0.25) is 0 Å². The first kappa shape index (κ1) is 22.5. The van der Waals surface area contributed by atoms with E-state index in [9.17, 15) is 9.59 Å². The summed E-state index contributed by atoms with van der Waals surface area (Å²) in [6, 6.07) is 9.17. The molecule has 0 bridgehead atoms. The van der Waals surface area contributed by atoms with E-state index >= 15 is 0 Å². The highest BCUT2D eigenvalue weighted by atomic mass is 35.5. The standard InChI is InChI=1S/C20H31N3O2.ClH/c1-14(2)18(22-17(24)12-15-8-6-5-7-9-15)19(25)23-11-10-16(21)20(3,4)13-23;/h5-9,14,16,18H,10-13,21H2,1-4H3,(H,22,24);1H. The number of nitrogens with two attached hydrogens (primary N) is 1. The van der Waals surface area contributed by atoms with Crippen molar-refractivity contribution in [1.29, 1.82) is 0 Å². The Kier molecular flexibility index (Phi) is 8.10. The van der Waals surface area contributed by atoms with E-state index in [0.717, 1.165) is 12.0 Å². The second-order valence-corrected chi connectivity index (χ2v) is 8.10. The smallest absolute Gasteiger partial charge is 0.245 e. The molecule has 1 aliphatic rings. The number of nitrogens with zero attached hydrogens (tertiary/aromatic N) is 1. The van der Waals surface area contributed by atoms with Crippen LogP contribution in [0.1, 0.15) is 39.7 Å². The average Bonchev–Trinajstić information content (AvgIpc) is 2.55. The molecule has 1 fully saturated rings. The number of hydrogen-bond acceptors (Lipinski definition) is 3. The van der Waals surface area contributed by atoms with Gasteiger partial charge >= 0.3 is 0 Å². The first-order valence-corrected chi connectivity index (χ1v) is 9.08. The number of halogens is 1. The van der Waals surface area contributed by atoms with Crippen molar-refractivity contribution in [3.8, 4) is 0 Å². The van der Waals surface area contributed by atoms with Gasteiger partial charge in [0.15, 0.2) is 0 Å². The Labute approximate surface area is 163 Å². The molecule has 0 radical (unpaired) electrons. The molecule has 1 aliphatic heterocycles. The van der Waals surface area contributed by atoms with Crippen molar-refractivity contribution in [3.63, 3.8) is 0 Å². The summed E-state index contributed by atoms with van der Waals surface area (Å²) in [5.74, 6) is -0.0893. The topological polar surface area (TPSA) is 75.4 Å². The Bertz CT molecular complexity index is 604. The van der Waals surface area contributed by atoms with Gasteiger partial charge in [-0.25, -0.2) is 0 Å². The summed E-state index contributed by atoms with van der Waals surface area (Å²) >= 11 is 0. The molecule has 0 aromatic heterocycles. The van der Waals surface area contributed by atoms with Crippen LogP contribution in [-0.2, 0) is 16.0 Å². The largest absolute Gasteiger partial charge is 0.344 e. The summed E-state index contributed by atoms with van der Waals surface area (Å²) in [5, 5.41) is 2.94. The highest BCUT2D eigenvalue weighted by molar-refractivity contribution is 5.88. The maximum atomic E-state index is 13.0. The van der Waals surface area contributed by atoms with E-state index < -0.39 is 6.04 Å². The molecular weight excluding hydrogens is 350 g/mol. The van der Waals surface area contributed by atoms with E-state index in [0.29, 0.717) is 13.1 Å². The number of piperidine rings is 1. The molecule has 1 aromatic carbocycles. The second-order valence-electron chi connectivity index (χ2n) is 8.10. The molecular formula is C20H32ClN3O2. The summed E-state index contributed by atoms with van der Waals surface area (Å²) in [4.78, 5) is 27.2. The summed E-state index contributed by atoms with van der Waals surface area (Å²) < 4.78 is 0. The molecule has 0 spiro atoms. The molecule has 5 nitrogen and oxygen atoms in total. The minimum atomic E-state index is -0.499. The minimum absolute atomic E-state index is 0. The van der Waals surface area contributed by atoms with Crippen LogP contribution < -0.4 is 11.1 Å². The zero-order chi connectivity index (χ0) is 18.6. The lowest BCUT2D eigenvalue weighted by atomic mass is 9.79. The van der Waals surface area contributed by atoms with Crippen molar-refractivity contribution in [1.82, 2.24) is 10.2 Å². The van der Waals surface area contributed by atoms with Crippen LogP contribution in [0.3, 0.4) is 0 Å². The van der Waals surface area contributed by atoms with E-state index in [-0.39, 0.29) is 48.0 Å². The van der Waals surface area contributed by atoms with E-state index in [2.05, 4.69) is 19.2 Å². The third-order valence-electron chi connectivity index (χ3n) is 5.08. The number of nitrogens with one attached hydrogen (secondary N) is 1. The number of hydrogen-bond donors (Lipinski definition) is 2. The summed E-state index contributed by atoms with van der Waals surface area (Å²) in [6.45, 7) is 9.40. The van der Waals surface area contributed by atoms with Crippen molar-refractivity contribution < 1.29 is 9.59 Å². The van der Waals surface area contributed by atoms with Gasteiger partial charge in [-0.15, -0.1) is 12.4 Å².